The summed E-state index contributed by atoms with van der Waals surface area (Å²) in [7, 11) is 1.95. The number of aryl methyl sites for hydroxylation is 1. The highest BCUT2D eigenvalue weighted by Gasteiger charge is 2.24. The second-order valence-corrected chi connectivity index (χ2v) is 4.93. The highest BCUT2D eigenvalue weighted by atomic mass is 15.3. The van der Waals surface area contributed by atoms with Gasteiger partial charge in [-0.05, 0) is 32.2 Å². The molecule has 1 fully saturated rings. The molecule has 2 N–H and O–H groups in total. The van der Waals surface area contributed by atoms with Gasteiger partial charge in [-0.3, -0.25) is 9.58 Å². The average Bonchev–Trinajstić information content (AvgIpc) is 2.73. The maximum Gasteiger partial charge on any atom is 0.140 e. The van der Waals surface area contributed by atoms with Crippen molar-refractivity contribution in [3.8, 4) is 0 Å². The fourth-order valence-corrected chi connectivity index (χ4v) is 2.61. The van der Waals surface area contributed by atoms with E-state index in [2.05, 4.69) is 21.9 Å². The third-order valence-corrected chi connectivity index (χ3v) is 3.81. The number of hydrogen-bond donors (Lipinski definition) is 1. The Labute approximate surface area is 103 Å². The lowest BCUT2D eigenvalue weighted by atomic mass is 9.91. The molecule has 1 aromatic rings. The minimum Gasteiger partial charge on any atom is -0.328 e. The van der Waals surface area contributed by atoms with E-state index in [1.807, 2.05) is 11.7 Å². The Morgan fingerprint density at radius 2 is 2.12 bits per heavy atom. The van der Waals surface area contributed by atoms with Crippen LogP contribution in [0.2, 0.25) is 0 Å². The molecule has 1 aliphatic carbocycles. The maximum atomic E-state index is 5.95. The van der Waals surface area contributed by atoms with Crippen molar-refractivity contribution in [3.63, 3.8) is 0 Å². The fraction of sp³-hybridized carbons (Fsp3) is 0.833. The predicted molar refractivity (Wildman–Crippen MR) is 67.3 cm³/mol. The van der Waals surface area contributed by atoms with E-state index in [0.717, 1.165) is 31.8 Å². The summed E-state index contributed by atoms with van der Waals surface area (Å²) in [6, 6.07) is 1.08. The van der Waals surface area contributed by atoms with E-state index in [4.69, 9.17) is 5.73 Å². The van der Waals surface area contributed by atoms with Crippen LogP contribution in [0.3, 0.4) is 0 Å². The fourth-order valence-electron chi connectivity index (χ4n) is 2.61. The van der Waals surface area contributed by atoms with E-state index in [0.29, 0.717) is 12.1 Å². The van der Waals surface area contributed by atoms with Crippen LogP contribution in [0.4, 0.5) is 0 Å². The average molecular weight is 237 g/mol. The van der Waals surface area contributed by atoms with Gasteiger partial charge in [0, 0.05) is 19.1 Å². The molecule has 1 aromatic heterocycles. The van der Waals surface area contributed by atoms with E-state index in [-0.39, 0.29) is 0 Å². The van der Waals surface area contributed by atoms with Crippen LogP contribution < -0.4 is 5.73 Å². The molecule has 1 saturated carbocycles. The smallest absolute Gasteiger partial charge is 0.140 e. The van der Waals surface area contributed by atoms with Crippen LogP contribution in [0.1, 0.15) is 38.4 Å². The highest BCUT2D eigenvalue weighted by Crippen LogP contribution is 2.22. The summed E-state index contributed by atoms with van der Waals surface area (Å²) >= 11 is 0. The van der Waals surface area contributed by atoms with Gasteiger partial charge in [0.25, 0.3) is 0 Å². The van der Waals surface area contributed by atoms with Crippen molar-refractivity contribution in [2.75, 3.05) is 6.54 Å². The van der Waals surface area contributed by atoms with Crippen LogP contribution in [-0.4, -0.2) is 38.3 Å². The first kappa shape index (κ1) is 12.5. The van der Waals surface area contributed by atoms with E-state index < -0.39 is 0 Å². The van der Waals surface area contributed by atoms with Gasteiger partial charge < -0.3 is 5.73 Å². The predicted octanol–water partition coefficient (Wildman–Crippen LogP) is 0.907. The number of rotatable bonds is 4. The topological polar surface area (TPSA) is 60.0 Å². The van der Waals surface area contributed by atoms with Crippen LogP contribution in [0.5, 0.6) is 0 Å². The molecule has 2 rings (SSSR count). The quantitative estimate of drug-likeness (QED) is 0.845. The Kier molecular flexibility index (Phi) is 4.12. The van der Waals surface area contributed by atoms with Crippen molar-refractivity contribution in [1.29, 1.82) is 0 Å². The van der Waals surface area contributed by atoms with Gasteiger partial charge in [-0.15, -0.1) is 0 Å². The molecule has 5 nitrogen and oxygen atoms in total. The first-order chi connectivity index (χ1) is 8.20. The molecule has 0 amide bonds. The molecule has 96 valence electrons. The lowest BCUT2D eigenvalue weighted by molar-refractivity contribution is 0.144. The zero-order valence-corrected chi connectivity index (χ0v) is 10.8. The largest absolute Gasteiger partial charge is 0.328 e. The first-order valence-corrected chi connectivity index (χ1v) is 6.53. The summed E-state index contributed by atoms with van der Waals surface area (Å²) in [4.78, 5) is 6.79. The number of aromatic nitrogens is 3. The summed E-state index contributed by atoms with van der Waals surface area (Å²) in [5.41, 5.74) is 5.95. The minimum absolute atomic E-state index is 0.416. The van der Waals surface area contributed by atoms with Gasteiger partial charge in [-0.2, -0.15) is 5.10 Å². The van der Waals surface area contributed by atoms with Crippen LogP contribution >= 0.6 is 0 Å². The van der Waals surface area contributed by atoms with E-state index in [1.54, 1.807) is 6.33 Å². The van der Waals surface area contributed by atoms with Gasteiger partial charge >= 0.3 is 0 Å². The normalized spacial score (nSPS) is 25.4. The molecule has 0 spiro atoms. The van der Waals surface area contributed by atoms with Crippen LogP contribution in [-0.2, 0) is 13.6 Å². The van der Waals surface area contributed by atoms with Gasteiger partial charge in [-0.1, -0.05) is 6.92 Å². The van der Waals surface area contributed by atoms with Crippen LogP contribution in [0.25, 0.3) is 0 Å². The second-order valence-electron chi connectivity index (χ2n) is 4.93. The van der Waals surface area contributed by atoms with Crippen molar-refractivity contribution < 1.29 is 0 Å². The molecule has 1 heterocycles. The Morgan fingerprint density at radius 3 is 2.65 bits per heavy atom. The number of nitrogens with zero attached hydrogens (tertiary/aromatic N) is 4. The van der Waals surface area contributed by atoms with E-state index >= 15 is 0 Å². The lowest BCUT2D eigenvalue weighted by Crippen LogP contribution is -2.40. The summed E-state index contributed by atoms with van der Waals surface area (Å²) in [6.45, 7) is 4.17. The molecule has 0 unspecified atom stereocenters. The minimum atomic E-state index is 0.416. The zero-order valence-electron chi connectivity index (χ0n) is 10.8. The molecular weight excluding hydrogens is 214 g/mol. The molecule has 0 aliphatic heterocycles. The number of nitrogens with two attached hydrogens (primary N) is 1. The van der Waals surface area contributed by atoms with Gasteiger partial charge in [0.15, 0.2) is 0 Å². The van der Waals surface area contributed by atoms with Gasteiger partial charge in [0.2, 0.25) is 0 Å². The monoisotopic (exact) mass is 237 g/mol. The van der Waals surface area contributed by atoms with Crippen molar-refractivity contribution >= 4 is 0 Å². The highest BCUT2D eigenvalue weighted by molar-refractivity contribution is 4.87. The standard InChI is InChI=1S/C12H23N5/c1-3-17(8-12-14-9-15-16(12)2)11-6-4-10(13)5-7-11/h9-11H,3-8,13H2,1-2H3. The molecule has 0 saturated heterocycles. The SMILES string of the molecule is CCN(Cc1ncnn1C)C1CCC(N)CC1. The van der Waals surface area contributed by atoms with E-state index in [1.165, 1.54) is 12.8 Å². The molecule has 17 heavy (non-hydrogen) atoms. The lowest BCUT2D eigenvalue weighted by Gasteiger charge is -2.35. The van der Waals surface area contributed by atoms with E-state index in [9.17, 15) is 0 Å². The van der Waals surface area contributed by atoms with Gasteiger partial charge in [0.05, 0.1) is 6.54 Å². The second kappa shape index (κ2) is 5.60. The van der Waals surface area contributed by atoms with Crippen molar-refractivity contribution in [1.82, 2.24) is 19.7 Å². The van der Waals surface area contributed by atoms with Crippen molar-refractivity contribution in [2.24, 2.45) is 12.8 Å². The van der Waals surface area contributed by atoms with Crippen LogP contribution in [0.15, 0.2) is 6.33 Å². The molecule has 5 heteroatoms. The molecule has 0 radical (unpaired) electrons. The summed E-state index contributed by atoms with van der Waals surface area (Å²) in [6.07, 6.45) is 6.36. The molecule has 0 atom stereocenters. The molecular formula is C12H23N5. The number of hydrogen-bond acceptors (Lipinski definition) is 4. The molecule has 1 aliphatic rings. The van der Waals surface area contributed by atoms with Crippen LogP contribution in [0, 0.1) is 0 Å². The Bertz CT molecular complexity index is 340. The third-order valence-electron chi connectivity index (χ3n) is 3.81. The van der Waals surface area contributed by atoms with Gasteiger partial charge in [-0.25, -0.2) is 4.98 Å². The van der Waals surface area contributed by atoms with Crippen molar-refractivity contribution in [3.05, 3.63) is 12.2 Å². The molecule has 0 aromatic carbocycles. The Morgan fingerprint density at radius 1 is 1.41 bits per heavy atom. The Balaban J connectivity index is 1.95. The maximum absolute atomic E-state index is 5.95. The zero-order chi connectivity index (χ0) is 12.3. The van der Waals surface area contributed by atoms with Gasteiger partial charge in [0.1, 0.15) is 12.2 Å². The Hall–Kier alpha value is -0.940. The summed E-state index contributed by atoms with van der Waals surface area (Å²) < 4.78 is 1.86. The third kappa shape index (κ3) is 3.04. The summed E-state index contributed by atoms with van der Waals surface area (Å²) in [5, 5.41) is 4.12. The summed E-state index contributed by atoms with van der Waals surface area (Å²) in [5.74, 6) is 1.04. The molecule has 0 bridgehead atoms. The van der Waals surface area contributed by atoms with Crippen molar-refractivity contribution in [2.45, 2.75) is 51.2 Å². The first-order valence-electron chi connectivity index (χ1n) is 6.53.